The normalized spacial score (nSPS) is 10.2. The first-order valence-electron chi connectivity index (χ1n) is 5.99. The van der Waals surface area contributed by atoms with Gasteiger partial charge in [-0.25, -0.2) is 4.79 Å². The summed E-state index contributed by atoms with van der Waals surface area (Å²) in [5.74, 6) is 0.545. The fourth-order valence-electron chi connectivity index (χ4n) is 1.84. The monoisotopic (exact) mass is 237 g/mol. The summed E-state index contributed by atoms with van der Waals surface area (Å²) in [5.41, 5.74) is 4.25. The van der Waals surface area contributed by atoms with Crippen molar-refractivity contribution in [3.05, 3.63) is 54.1 Å². The molecule has 0 aliphatic rings. The van der Waals surface area contributed by atoms with Gasteiger partial charge in [-0.05, 0) is 34.7 Å². The van der Waals surface area contributed by atoms with E-state index in [1.54, 1.807) is 0 Å². The van der Waals surface area contributed by atoms with Crippen LogP contribution in [0.4, 0.5) is 5.69 Å². The highest BCUT2D eigenvalue weighted by molar-refractivity contribution is 5.66. The topological polar surface area (TPSA) is 29.4 Å². The van der Waals surface area contributed by atoms with E-state index < -0.39 is 0 Å². The molecule has 0 amide bonds. The zero-order chi connectivity index (χ0) is 13.0. The van der Waals surface area contributed by atoms with Gasteiger partial charge in [0, 0.05) is 0 Å². The number of hydrogen-bond acceptors (Lipinski definition) is 2. The van der Waals surface area contributed by atoms with Gasteiger partial charge >= 0.3 is 0 Å². The lowest BCUT2D eigenvalue weighted by atomic mass is 9.99. The minimum absolute atomic E-state index is 0.545. The number of hydrogen-bond donors (Lipinski definition) is 0. The molecule has 90 valence electrons. The van der Waals surface area contributed by atoms with Crippen LogP contribution in [0.25, 0.3) is 11.1 Å². The number of isocyanates is 1. The molecule has 2 aromatic rings. The molecule has 0 spiro atoms. The molecule has 0 saturated carbocycles. The average Bonchev–Trinajstić information content (AvgIpc) is 2.40. The van der Waals surface area contributed by atoms with Crippen LogP contribution in [-0.2, 0) is 4.79 Å². The summed E-state index contributed by atoms with van der Waals surface area (Å²) in [7, 11) is 0. The molecular weight excluding hydrogens is 222 g/mol. The van der Waals surface area contributed by atoms with Crippen molar-refractivity contribution in [2.75, 3.05) is 0 Å². The molecule has 0 heterocycles. The van der Waals surface area contributed by atoms with E-state index in [0.29, 0.717) is 11.6 Å². The Bertz CT molecular complexity index is 561. The van der Waals surface area contributed by atoms with Crippen molar-refractivity contribution < 1.29 is 4.79 Å². The molecule has 0 radical (unpaired) electrons. The Morgan fingerprint density at radius 1 is 0.889 bits per heavy atom. The first-order valence-corrected chi connectivity index (χ1v) is 5.99. The van der Waals surface area contributed by atoms with Gasteiger partial charge in [0.25, 0.3) is 0 Å². The Kier molecular flexibility index (Phi) is 3.71. The highest BCUT2D eigenvalue weighted by Gasteiger charge is 2.01. The smallest absolute Gasteiger partial charge is 0.211 e. The van der Waals surface area contributed by atoms with Crippen LogP contribution in [0.5, 0.6) is 0 Å². The minimum Gasteiger partial charge on any atom is -0.211 e. The zero-order valence-corrected chi connectivity index (χ0v) is 10.6. The summed E-state index contributed by atoms with van der Waals surface area (Å²) in [6.45, 7) is 4.36. The van der Waals surface area contributed by atoms with Crippen LogP contribution in [0.3, 0.4) is 0 Å². The fraction of sp³-hybridized carbons (Fsp3) is 0.188. The Hall–Kier alpha value is -2.18. The van der Waals surface area contributed by atoms with Crippen molar-refractivity contribution in [2.45, 2.75) is 19.8 Å². The molecule has 2 aromatic carbocycles. The van der Waals surface area contributed by atoms with E-state index in [1.807, 2.05) is 24.3 Å². The molecule has 0 aliphatic carbocycles. The molecular formula is C16H15NO. The lowest BCUT2D eigenvalue weighted by Gasteiger charge is -2.07. The van der Waals surface area contributed by atoms with E-state index >= 15 is 0 Å². The van der Waals surface area contributed by atoms with Crippen LogP contribution in [0.2, 0.25) is 0 Å². The fourth-order valence-corrected chi connectivity index (χ4v) is 1.84. The van der Waals surface area contributed by atoms with Crippen molar-refractivity contribution in [3.8, 4) is 11.1 Å². The van der Waals surface area contributed by atoms with Crippen molar-refractivity contribution in [1.29, 1.82) is 0 Å². The third-order valence-corrected chi connectivity index (χ3v) is 2.95. The van der Waals surface area contributed by atoms with E-state index in [4.69, 9.17) is 0 Å². The summed E-state index contributed by atoms with van der Waals surface area (Å²) in [6, 6.07) is 16.1. The van der Waals surface area contributed by atoms with E-state index in [0.717, 1.165) is 5.56 Å². The number of benzene rings is 2. The highest BCUT2D eigenvalue weighted by Crippen LogP contribution is 2.24. The SMILES string of the molecule is CC(C)c1ccc(-c2ccc(N=C=O)cc2)cc1. The largest absolute Gasteiger partial charge is 0.240 e. The zero-order valence-electron chi connectivity index (χ0n) is 10.6. The molecule has 0 aromatic heterocycles. The summed E-state index contributed by atoms with van der Waals surface area (Å²) in [6.07, 6.45) is 1.54. The van der Waals surface area contributed by atoms with Gasteiger partial charge in [-0.15, -0.1) is 0 Å². The van der Waals surface area contributed by atoms with Crippen molar-refractivity contribution in [1.82, 2.24) is 0 Å². The number of aliphatic imine (C=N–C) groups is 1. The number of rotatable bonds is 3. The second-order valence-corrected chi connectivity index (χ2v) is 4.53. The van der Waals surface area contributed by atoms with E-state index in [2.05, 4.69) is 43.1 Å². The van der Waals surface area contributed by atoms with Gasteiger partial charge in [-0.3, -0.25) is 0 Å². The molecule has 2 rings (SSSR count). The maximum atomic E-state index is 10.1. The van der Waals surface area contributed by atoms with Gasteiger partial charge in [0.05, 0.1) is 5.69 Å². The van der Waals surface area contributed by atoms with Crippen LogP contribution >= 0.6 is 0 Å². The van der Waals surface area contributed by atoms with Crippen LogP contribution in [-0.4, -0.2) is 6.08 Å². The molecule has 0 bridgehead atoms. The molecule has 0 fully saturated rings. The molecule has 18 heavy (non-hydrogen) atoms. The second-order valence-electron chi connectivity index (χ2n) is 4.53. The summed E-state index contributed by atoms with van der Waals surface area (Å²) >= 11 is 0. The standard InChI is InChI=1S/C16H15NO/c1-12(2)13-3-5-14(6-4-13)15-7-9-16(10-8-15)17-11-18/h3-10,12H,1-2H3. The van der Waals surface area contributed by atoms with E-state index in [-0.39, 0.29) is 0 Å². The van der Waals surface area contributed by atoms with Gasteiger partial charge in [0.2, 0.25) is 6.08 Å². The molecule has 0 aliphatic heterocycles. The maximum Gasteiger partial charge on any atom is 0.240 e. The third kappa shape index (κ3) is 2.73. The Balaban J connectivity index is 2.28. The first kappa shape index (κ1) is 12.3. The van der Waals surface area contributed by atoms with Crippen LogP contribution < -0.4 is 0 Å². The van der Waals surface area contributed by atoms with Crippen molar-refractivity contribution in [2.24, 2.45) is 4.99 Å². The van der Waals surface area contributed by atoms with Crippen molar-refractivity contribution in [3.63, 3.8) is 0 Å². The molecule has 2 heteroatoms. The molecule has 0 N–H and O–H groups in total. The third-order valence-electron chi connectivity index (χ3n) is 2.95. The molecule has 2 nitrogen and oxygen atoms in total. The molecule has 0 unspecified atom stereocenters. The Morgan fingerprint density at radius 2 is 1.39 bits per heavy atom. The first-order chi connectivity index (χ1) is 8.70. The van der Waals surface area contributed by atoms with Gasteiger partial charge < -0.3 is 0 Å². The second kappa shape index (κ2) is 5.44. The lowest BCUT2D eigenvalue weighted by molar-refractivity contribution is 0.565. The predicted octanol–water partition coefficient (Wildman–Crippen LogP) is 4.44. The summed E-state index contributed by atoms with van der Waals surface area (Å²) in [4.78, 5) is 13.7. The van der Waals surface area contributed by atoms with Gasteiger partial charge in [0.15, 0.2) is 0 Å². The number of nitrogens with zero attached hydrogens (tertiary/aromatic N) is 1. The summed E-state index contributed by atoms with van der Waals surface area (Å²) < 4.78 is 0. The van der Waals surface area contributed by atoms with Gasteiger partial charge in [-0.2, -0.15) is 4.99 Å². The average molecular weight is 237 g/mol. The molecule has 0 saturated heterocycles. The van der Waals surface area contributed by atoms with Crippen LogP contribution in [0.15, 0.2) is 53.5 Å². The molecule has 0 atom stereocenters. The lowest BCUT2D eigenvalue weighted by Crippen LogP contribution is -1.86. The Labute approximate surface area is 107 Å². The minimum atomic E-state index is 0.545. The number of carbonyl (C=O) groups excluding carboxylic acids is 1. The van der Waals surface area contributed by atoms with Crippen LogP contribution in [0.1, 0.15) is 25.3 Å². The van der Waals surface area contributed by atoms with Gasteiger partial charge in [0.1, 0.15) is 0 Å². The highest BCUT2D eigenvalue weighted by atomic mass is 16.1. The van der Waals surface area contributed by atoms with E-state index in [9.17, 15) is 4.79 Å². The maximum absolute atomic E-state index is 10.1. The van der Waals surface area contributed by atoms with Crippen LogP contribution in [0, 0.1) is 0 Å². The predicted molar refractivity (Wildman–Crippen MR) is 73.7 cm³/mol. The summed E-state index contributed by atoms with van der Waals surface area (Å²) in [5, 5.41) is 0. The Morgan fingerprint density at radius 3 is 1.83 bits per heavy atom. The quantitative estimate of drug-likeness (QED) is 0.573. The van der Waals surface area contributed by atoms with E-state index in [1.165, 1.54) is 17.2 Å². The van der Waals surface area contributed by atoms with Crippen molar-refractivity contribution >= 4 is 11.8 Å². The van der Waals surface area contributed by atoms with Gasteiger partial charge in [-0.1, -0.05) is 50.2 Å².